The van der Waals surface area contributed by atoms with Crippen LogP contribution in [0.2, 0.25) is 0 Å². The number of carboxylic acid groups (broad SMARTS) is 1. The summed E-state index contributed by atoms with van der Waals surface area (Å²) in [6.07, 6.45) is 2.50. The van der Waals surface area contributed by atoms with Gasteiger partial charge in [0, 0.05) is 12.6 Å². The molecular weight excluding hydrogens is 266 g/mol. The van der Waals surface area contributed by atoms with Crippen molar-refractivity contribution in [2.24, 2.45) is 0 Å². The summed E-state index contributed by atoms with van der Waals surface area (Å²) in [6, 6.07) is 5.56. The molecule has 0 bridgehead atoms. The predicted molar refractivity (Wildman–Crippen MR) is 70.6 cm³/mol. The summed E-state index contributed by atoms with van der Waals surface area (Å²) in [5.41, 5.74) is -0.00618. The lowest BCUT2D eigenvalue weighted by atomic mass is 10.2. The molecule has 2 rings (SSSR count). The molecule has 1 aromatic carbocycles. The van der Waals surface area contributed by atoms with Gasteiger partial charge in [-0.15, -0.1) is 0 Å². The van der Waals surface area contributed by atoms with E-state index in [0.29, 0.717) is 6.54 Å². The minimum atomic E-state index is -3.59. The molecule has 1 aliphatic heterocycles. The topological polar surface area (TPSA) is 74.7 Å². The van der Waals surface area contributed by atoms with Gasteiger partial charge in [0.2, 0.25) is 10.0 Å². The number of carbonyl (C=O) groups is 1. The zero-order valence-corrected chi connectivity index (χ0v) is 11.6. The third-order valence-electron chi connectivity index (χ3n) is 3.48. The Morgan fingerprint density at radius 1 is 1.47 bits per heavy atom. The van der Waals surface area contributed by atoms with Crippen molar-refractivity contribution in [2.45, 2.75) is 37.1 Å². The maximum absolute atomic E-state index is 12.5. The first-order valence-corrected chi connectivity index (χ1v) is 7.76. The first kappa shape index (κ1) is 14.0. The maximum Gasteiger partial charge on any atom is 0.335 e. The first-order chi connectivity index (χ1) is 8.96. The highest BCUT2D eigenvalue weighted by atomic mass is 32.2. The van der Waals surface area contributed by atoms with Gasteiger partial charge >= 0.3 is 5.97 Å². The van der Waals surface area contributed by atoms with Gasteiger partial charge < -0.3 is 5.11 Å². The van der Waals surface area contributed by atoms with Crippen LogP contribution in [0.5, 0.6) is 0 Å². The van der Waals surface area contributed by atoms with E-state index in [-0.39, 0.29) is 16.5 Å². The molecule has 1 fully saturated rings. The summed E-state index contributed by atoms with van der Waals surface area (Å²) in [4.78, 5) is 11.0. The zero-order chi connectivity index (χ0) is 14.0. The third-order valence-corrected chi connectivity index (χ3v) is 5.43. The predicted octanol–water partition coefficient (Wildman–Crippen LogP) is 1.95. The number of hydrogen-bond donors (Lipinski definition) is 1. The van der Waals surface area contributed by atoms with E-state index in [2.05, 4.69) is 0 Å². The van der Waals surface area contributed by atoms with E-state index in [1.807, 2.05) is 6.92 Å². The summed E-state index contributed by atoms with van der Waals surface area (Å²) in [7, 11) is -3.59. The van der Waals surface area contributed by atoms with Gasteiger partial charge in [-0.25, -0.2) is 13.2 Å². The van der Waals surface area contributed by atoms with Gasteiger partial charge in [-0.1, -0.05) is 13.0 Å². The van der Waals surface area contributed by atoms with Crippen molar-refractivity contribution in [1.29, 1.82) is 0 Å². The number of rotatable bonds is 4. The second-order valence-electron chi connectivity index (χ2n) is 4.65. The summed E-state index contributed by atoms with van der Waals surface area (Å²) in [5, 5.41) is 8.93. The highest BCUT2D eigenvalue weighted by Crippen LogP contribution is 2.27. The Hall–Kier alpha value is -1.40. The van der Waals surface area contributed by atoms with Crippen LogP contribution in [0.4, 0.5) is 0 Å². The second kappa shape index (κ2) is 5.30. The summed E-state index contributed by atoms with van der Waals surface area (Å²) in [6.45, 7) is 2.48. The Morgan fingerprint density at radius 2 is 2.21 bits per heavy atom. The van der Waals surface area contributed by atoms with E-state index in [4.69, 9.17) is 5.11 Å². The number of aromatic carboxylic acids is 1. The smallest absolute Gasteiger partial charge is 0.335 e. The van der Waals surface area contributed by atoms with Crippen LogP contribution in [-0.4, -0.2) is 36.4 Å². The summed E-state index contributed by atoms with van der Waals surface area (Å²) < 4.78 is 26.5. The molecule has 1 heterocycles. The largest absolute Gasteiger partial charge is 0.478 e. The highest BCUT2D eigenvalue weighted by molar-refractivity contribution is 7.89. The van der Waals surface area contributed by atoms with Crippen LogP contribution in [0, 0.1) is 0 Å². The molecule has 0 aromatic heterocycles. The lowest BCUT2D eigenvalue weighted by Crippen LogP contribution is -2.35. The number of benzene rings is 1. The molecule has 0 aliphatic carbocycles. The molecule has 1 aromatic rings. The van der Waals surface area contributed by atoms with Crippen LogP contribution in [0.25, 0.3) is 0 Å². The number of carboxylic acids is 1. The van der Waals surface area contributed by atoms with Crippen molar-refractivity contribution in [3.05, 3.63) is 29.8 Å². The standard InChI is InChI=1S/C13H17NO4S/c1-2-11-6-4-8-14(11)19(17,18)12-7-3-5-10(9-12)13(15)16/h3,5,7,9,11H,2,4,6,8H2,1H3,(H,15,16). The maximum atomic E-state index is 12.5. The highest BCUT2D eigenvalue weighted by Gasteiger charge is 2.34. The van der Waals surface area contributed by atoms with E-state index in [1.54, 1.807) is 0 Å². The van der Waals surface area contributed by atoms with Crippen molar-refractivity contribution in [3.63, 3.8) is 0 Å². The molecule has 0 radical (unpaired) electrons. The number of hydrogen-bond acceptors (Lipinski definition) is 3. The second-order valence-corrected chi connectivity index (χ2v) is 6.54. The van der Waals surface area contributed by atoms with Crippen molar-refractivity contribution in [1.82, 2.24) is 4.31 Å². The van der Waals surface area contributed by atoms with Gasteiger partial charge in [0.25, 0.3) is 0 Å². The van der Waals surface area contributed by atoms with Crippen LogP contribution in [0.1, 0.15) is 36.5 Å². The monoisotopic (exact) mass is 283 g/mol. The van der Waals surface area contributed by atoms with E-state index < -0.39 is 16.0 Å². The Labute approximate surface area is 112 Å². The first-order valence-electron chi connectivity index (χ1n) is 6.32. The van der Waals surface area contributed by atoms with Crippen LogP contribution >= 0.6 is 0 Å². The lowest BCUT2D eigenvalue weighted by Gasteiger charge is -2.23. The van der Waals surface area contributed by atoms with Gasteiger partial charge in [0.1, 0.15) is 0 Å². The van der Waals surface area contributed by atoms with Gasteiger partial charge in [-0.3, -0.25) is 0 Å². The van der Waals surface area contributed by atoms with E-state index >= 15 is 0 Å². The fraction of sp³-hybridized carbons (Fsp3) is 0.462. The Balaban J connectivity index is 2.39. The summed E-state index contributed by atoms with van der Waals surface area (Å²) >= 11 is 0. The number of sulfonamides is 1. The van der Waals surface area contributed by atoms with Gasteiger partial charge in [-0.05, 0) is 37.5 Å². The molecule has 104 valence electrons. The molecule has 6 heteroatoms. The normalized spacial score (nSPS) is 20.6. The van der Waals surface area contributed by atoms with Crippen molar-refractivity contribution >= 4 is 16.0 Å². The molecule has 1 saturated heterocycles. The Morgan fingerprint density at radius 3 is 2.84 bits per heavy atom. The molecule has 1 atom stereocenters. The van der Waals surface area contributed by atoms with Crippen LogP contribution in [0.3, 0.4) is 0 Å². The average molecular weight is 283 g/mol. The minimum Gasteiger partial charge on any atom is -0.478 e. The average Bonchev–Trinajstić information content (AvgIpc) is 2.88. The minimum absolute atomic E-state index is 0.00618. The Bertz CT molecular complexity index is 582. The summed E-state index contributed by atoms with van der Waals surface area (Å²) in [5.74, 6) is -1.12. The molecule has 0 amide bonds. The van der Waals surface area contributed by atoms with E-state index in [0.717, 1.165) is 19.3 Å². The molecule has 5 nitrogen and oxygen atoms in total. The molecular formula is C13H17NO4S. The molecule has 0 saturated carbocycles. The molecule has 0 spiro atoms. The lowest BCUT2D eigenvalue weighted by molar-refractivity contribution is 0.0696. The molecule has 1 unspecified atom stereocenters. The van der Waals surface area contributed by atoms with Crippen LogP contribution in [0.15, 0.2) is 29.2 Å². The van der Waals surface area contributed by atoms with Crippen LogP contribution in [-0.2, 0) is 10.0 Å². The van der Waals surface area contributed by atoms with Gasteiger partial charge in [0.15, 0.2) is 0 Å². The van der Waals surface area contributed by atoms with Gasteiger partial charge in [-0.2, -0.15) is 4.31 Å². The third kappa shape index (κ3) is 2.64. The Kier molecular flexibility index (Phi) is 3.91. The van der Waals surface area contributed by atoms with Gasteiger partial charge in [0.05, 0.1) is 10.5 Å². The fourth-order valence-electron chi connectivity index (χ4n) is 2.46. The molecule has 1 aliphatic rings. The fourth-order valence-corrected chi connectivity index (χ4v) is 4.27. The quantitative estimate of drug-likeness (QED) is 0.916. The SMILES string of the molecule is CCC1CCCN1S(=O)(=O)c1cccc(C(=O)O)c1. The van der Waals surface area contributed by atoms with E-state index in [9.17, 15) is 13.2 Å². The van der Waals surface area contributed by atoms with Crippen molar-refractivity contribution in [3.8, 4) is 0 Å². The van der Waals surface area contributed by atoms with Crippen molar-refractivity contribution in [2.75, 3.05) is 6.54 Å². The van der Waals surface area contributed by atoms with Crippen LogP contribution < -0.4 is 0 Å². The molecule has 19 heavy (non-hydrogen) atoms. The number of nitrogens with zero attached hydrogens (tertiary/aromatic N) is 1. The zero-order valence-electron chi connectivity index (χ0n) is 10.7. The van der Waals surface area contributed by atoms with E-state index in [1.165, 1.54) is 28.6 Å². The molecule has 1 N–H and O–H groups in total. The van der Waals surface area contributed by atoms with Crippen molar-refractivity contribution < 1.29 is 18.3 Å².